The number of nitrogens with one attached hydrogen (secondary N) is 1. The van der Waals surface area contributed by atoms with Crippen molar-refractivity contribution in [1.82, 2.24) is 20.3 Å². The van der Waals surface area contributed by atoms with Crippen molar-refractivity contribution in [3.8, 4) is 0 Å². The van der Waals surface area contributed by atoms with Gasteiger partial charge in [-0.3, -0.25) is 14.5 Å². The van der Waals surface area contributed by atoms with Crippen LogP contribution in [-0.2, 0) is 4.79 Å². The van der Waals surface area contributed by atoms with Crippen LogP contribution in [0.3, 0.4) is 0 Å². The average molecular weight is 362 g/mol. The minimum absolute atomic E-state index is 0.107. The molecule has 144 valence electrons. The summed E-state index contributed by atoms with van der Waals surface area (Å²) in [6.45, 7) is 8.60. The molecule has 0 radical (unpaired) electrons. The number of nitrogens with zero attached hydrogens (tertiary/aromatic N) is 3. The quantitative estimate of drug-likeness (QED) is 0.884. The summed E-state index contributed by atoms with van der Waals surface area (Å²) in [4.78, 5) is 28.9. The maximum Gasteiger partial charge on any atom is 0.292 e. The maximum atomic E-state index is 12.6. The molecule has 2 fully saturated rings. The van der Waals surface area contributed by atoms with Gasteiger partial charge in [-0.2, -0.15) is 0 Å². The third-order valence-electron chi connectivity index (χ3n) is 5.73. The van der Waals surface area contributed by atoms with E-state index < -0.39 is 0 Å². The second-order valence-corrected chi connectivity index (χ2v) is 7.80. The van der Waals surface area contributed by atoms with Crippen molar-refractivity contribution in [2.75, 3.05) is 26.2 Å². The van der Waals surface area contributed by atoms with E-state index in [-0.39, 0.29) is 23.6 Å². The number of rotatable bonds is 4. The van der Waals surface area contributed by atoms with Gasteiger partial charge in [0.1, 0.15) is 0 Å². The van der Waals surface area contributed by atoms with Gasteiger partial charge in [0.2, 0.25) is 11.7 Å². The molecule has 1 aliphatic heterocycles. The van der Waals surface area contributed by atoms with Crippen molar-refractivity contribution < 1.29 is 14.1 Å². The topological polar surface area (TPSA) is 78.7 Å². The predicted octanol–water partition coefficient (Wildman–Crippen LogP) is 1.82. The molecule has 1 aliphatic carbocycles. The highest BCUT2D eigenvalue weighted by Gasteiger charge is 2.30. The number of piperazine rings is 1. The number of carbonyl (C=O) groups is 2. The highest BCUT2D eigenvalue weighted by Crippen LogP contribution is 2.23. The molecule has 1 N–H and O–H groups in total. The van der Waals surface area contributed by atoms with Gasteiger partial charge in [0, 0.05) is 38.3 Å². The molecule has 1 aromatic rings. The van der Waals surface area contributed by atoms with Crippen molar-refractivity contribution >= 4 is 11.8 Å². The Bertz CT molecular complexity index is 628. The maximum absolute atomic E-state index is 12.6. The zero-order valence-corrected chi connectivity index (χ0v) is 16.0. The summed E-state index contributed by atoms with van der Waals surface area (Å²) in [7, 11) is 0. The second kappa shape index (κ2) is 8.20. The highest BCUT2D eigenvalue weighted by molar-refractivity contribution is 5.91. The molecular formula is C19H30N4O3. The molecule has 7 nitrogen and oxygen atoms in total. The van der Waals surface area contributed by atoms with Crippen LogP contribution in [0.5, 0.6) is 0 Å². The lowest BCUT2D eigenvalue weighted by Crippen LogP contribution is -2.56. The van der Waals surface area contributed by atoms with Gasteiger partial charge in [0.25, 0.3) is 5.91 Å². The first kappa shape index (κ1) is 18.9. The Morgan fingerprint density at radius 3 is 2.42 bits per heavy atom. The van der Waals surface area contributed by atoms with E-state index in [4.69, 9.17) is 4.52 Å². The van der Waals surface area contributed by atoms with E-state index in [9.17, 15) is 9.59 Å². The third-order valence-corrected chi connectivity index (χ3v) is 5.73. The van der Waals surface area contributed by atoms with E-state index in [1.54, 1.807) is 17.9 Å². The number of hydrogen-bond donors (Lipinski definition) is 1. The largest absolute Gasteiger partial charge is 0.352 e. The fourth-order valence-electron chi connectivity index (χ4n) is 3.82. The molecule has 1 saturated heterocycles. The lowest BCUT2D eigenvalue weighted by atomic mass is 9.87. The molecule has 7 heteroatoms. The number of hydrogen-bond acceptors (Lipinski definition) is 5. The van der Waals surface area contributed by atoms with E-state index >= 15 is 0 Å². The van der Waals surface area contributed by atoms with Gasteiger partial charge in [-0.15, -0.1) is 0 Å². The Kier molecular flexibility index (Phi) is 5.96. The van der Waals surface area contributed by atoms with E-state index in [2.05, 4.69) is 22.3 Å². The first-order chi connectivity index (χ1) is 12.4. The van der Waals surface area contributed by atoms with Crippen molar-refractivity contribution in [2.45, 2.75) is 58.5 Å². The molecule has 1 saturated carbocycles. The lowest BCUT2D eigenvalue weighted by molar-refractivity contribution is -0.127. The molecule has 1 unspecified atom stereocenters. The number of aromatic nitrogens is 1. The molecule has 0 aromatic carbocycles. The molecule has 2 aliphatic rings. The van der Waals surface area contributed by atoms with Gasteiger partial charge >= 0.3 is 0 Å². The van der Waals surface area contributed by atoms with Gasteiger partial charge < -0.3 is 14.7 Å². The van der Waals surface area contributed by atoms with E-state index in [1.165, 1.54) is 12.8 Å². The van der Waals surface area contributed by atoms with E-state index in [1.807, 2.05) is 6.92 Å². The summed E-state index contributed by atoms with van der Waals surface area (Å²) in [5.41, 5.74) is 0.703. The standard InChI is InChI=1S/C19H30N4O3/c1-13-4-6-16(7-5-13)20-18(24)15(3)22-8-10-23(11-9-22)19(25)17-12-14(2)21-26-17/h12-13,15-16H,4-11H2,1-3H3,(H,20,24). The molecule has 26 heavy (non-hydrogen) atoms. The third kappa shape index (κ3) is 4.44. The SMILES string of the molecule is Cc1cc(C(=O)N2CCN(C(C)C(=O)NC3CCC(C)CC3)CC2)on1. The van der Waals surface area contributed by atoms with Crippen molar-refractivity contribution in [1.29, 1.82) is 0 Å². The van der Waals surface area contributed by atoms with Crippen LogP contribution in [0.25, 0.3) is 0 Å². The average Bonchev–Trinajstić information content (AvgIpc) is 3.09. The minimum Gasteiger partial charge on any atom is -0.352 e. The van der Waals surface area contributed by atoms with Crippen LogP contribution in [0, 0.1) is 12.8 Å². The molecule has 2 amide bonds. The van der Waals surface area contributed by atoms with E-state index in [0.717, 1.165) is 18.8 Å². The Labute approximate surface area is 155 Å². The van der Waals surface area contributed by atoms with Crippen LogP contribution in [0.2, 0.25) is 0 Å². The van der Waals surface area contributed by atoms with Crippen LogP contribution in [0.4, 0.5) is 0 Å². The molecule has 3 rings (SSSR count). The van der Waals surface area contributed by atoms with E-state index in [0.29, 0.717) is 37.9 Å². The first-order valence-corrected chi connectivity index (χ1v) is 9.71. The van der Waals surface area contributed by atoms with Gasteiger partial charge in [-0.1, -0.05) is 12.1 Å². The predicted molar refractivity (Wildman–Crippen MR) is 97.7 cm³/mol. The van der Waals surface area contributed by atoms with Crippen molar-refractivity contribution in [2.24, 2.45) is 5.92 Å². The number of amides is 2. The van der Waals surface area contributed by atoms with Crippen LogP contribution in [0.15, 0.2) is 10.6 Å². The van der Waals surface area contributed by atoms with Crippen LogP contribution in [0.1, 0.15) is 55.8 Å². The molecule has 0 bridgehead atoms. The summed E-state index contributed by atoms with van der Waals surface area (Å²) in [5, 5.41) is 6.99. The fourth-order valence-corrected chi connectivity index (χ4v) is 3.82. The lowest BCUT2D eigenvalue weighted by Gasteiger charge is -2.37. The molecular weight excluding hydrogens is 332 g/mol. The zero-order valence-electron chi connectivity index (χ0n) is 16.0. The highest BCUT2D eigenvalue weighted by atomic mass is 16.5. The molecule has 0 spiro atoms. The van der Waals surface area contributed by atoms with Gasteiger partial charge in [0.15, 0.2) is 0 Å². The van der Waals surface area contributed by atoms with Crippen molar-refractivity contribution in [3.05, 3.63) is 17.5 Å². The Morgan fingerprint density at radius 1 is 1.19 bits per heavy atom. The normalized spacial score (nSPS) is 25.7. The minimum atomic E-state index is -0.167. The summed E-state index contributed by atoms with van der Waals surface area (Å²) in [6, 6.07) is 1.81. The fraction of sp³-hybridized carbons (Fsp3) is 0.737. The second-order valence-electron chi connectivity index (χ2n) is 7.80. The summed E-state index contributed by atoms with van der Waals surface area (Å²) >= 11 is 0. The Balaban J connectivity index is 1.46. The number of carbonyl (C=O) groups excluding carboxylic acids is 2. The summed E-state index contributed by atoms with van der Waals surface area (Å²) in [5.74, 6) is 1.04. The Hall–Kier alpha value is -1.89. The van der Waals surface area contributed by atoms with Crippen molar-refractivity contribution in [3.63, 3.8) is 0 Å². The van der Waals surface area contributed by atoms with Crippen LogP contribution in [-0.4, -0.2) is 65.0 Å². The summed E-state index contributed by atoms with van der Waals surface area (Å²) < 4.78 is 5.06. The summed E-state index contributed by atoms with van der Waals surface area (Å²) in [6.07, 6.45) is 4.56. The van der Waals surface area contributed by atoms with Gasteiger partial charge in [-0.25, -0.2) is 0 Å². The molecule has 1 aromatic heterocycles. The first-order valence-electron chi connectivity index (χ1n) is 9.71. The zero-order chi connectivity index (χ0) is 18.7. The Morgan fingerprint density at radius 2 is 1.85 bits per heavy atom. The smallest absolute Gasteiger partial charge is 0.292 e. The van der Waals surface area contributed by atoms with Gasteiger partial charge in [0.05, 0.1) is 11.7 Å². The van der Waals surface area contributed by atoms with Crippen LogP contribution < -0.4 is 5.32 Å². The molecule has 1 atom stereocenters. The molecule has 2 heterocycles. The van der Waals surface area contributed by atoms with Gasteiger partial charge in [-0.05, 0) is 45.4 Å². The van der Waals surface area contributed by atoms with Crippen LogP contribution >= 0.6 is 0 Å². The number of aryl methyl sites for hydroxylation is 1. The monoisotopic (exact) mass is 362 g/mol.